The van der Waals surface area contributed by atoms with E-state index in [2.05, 4.69) is 17.4 Å². The molecule has 2 aliphatic rings. The number of aryl methyl sites for hydroxylation is 1. The monoisotopic (exact) mass is 398 g/mol. The van der Waals surface area contributed by atoms with Gasteiger partial charge in [0.15, 0.2) is 17.4 Å². The predicted molar refractivity (Wildman–Crippen MR) is 102 cm³/mol. The first-order valence-corrected chi connectivity index (χ1v) is 10.5. The number of ether oxygens (including phenoxy) is 1. The Morgan fingerprint density at radius 1 is 0.929 bits per heavy atom. The Kier molecular flexibility index (Phi) is 7.42. The molecule has 0 atom stereocenters. The number of benzene rings is 1. The average molecular weight is 398 g/mol. The summed E-state index contributed by atoms with van der Waals surface area (Å²) >= 11 is 0. The van der Waals surface area contributed by atoms with Crippen LogP contribution in [-0.4, -0.2) is 6.61 Å². The summed E-state index contributed by atoms with van der Waals surface area (Å²) in [5.41, 5.74) is 0.501. The van der Waals surface area contributed by atoms with Crippen molar-refractivity contribution in [2.75, 3.05) is 0 Å². The molecule has 0 spiro atoms. The Morgan fingerprint density at radius 2 is 1.46 bits per heavy atom. The molecule has 0 saturated heterocycles. The van der Waals surface area contributed by atoms with Gasteiger partial charge in [-0.1, -0.05) is 18.9 Å². The lowest BCUT2D eigenvalue weighted by Crippen LogP contribution is -2.25. The van der Waals surface area contributed by atoms with Crippen molar-refractivity contribution in [3.8, 4) is 5.75 Å². The fourth-order valence-corrected chi connectivity index (χ4v) is 5.13. The van der Waals surface area contributed by atoms with E-state index in [-0.39, 0.29) is 0 Å². The molecule has 28 heavy (non-hydrogen) atoms. The Morgan fingerprint density at radius 3 is 1.96 bits per heavy atom. The van der Waals surface area contributed by atoms with Crippen LogP contribution >= 0.6 is 0 Å². The molecule has 1 nitrogen and oxygen atoms in total. The van der Waals surface area contributed by atoms with E-state index in [1.54, 1.807) is 0 Å². The summed E-state index contributed by atoms with van der Waals surface area (Å²) < 4.78 is 56.0. The SMILES string of the molecule is C=C[C@H]1CC[C@H]([C@H]2CC[C@H](CCc3cc(F)c(OC(F)F)c(F)c3)CC2)CC1. The highest BCUT2D eigenvalue weighted by Gasteiger charge is 2.30. The number of rotatable bonds is 7. The highest BCUT2D eigenvalue weighted by atomic mass is 19.3. The van der Waals surface area contributed by atoms with Crippen LogP contribution in [0, 0.1) is 35.3 Å². The van der Waals surface area contributed by atoms with Gasteiger partial charge in [-0.05, 0) is 92.7 Å². The maximum atomic E-state index is 13.8. The number of allylic oxidation sites excluding steroid dienone is 1. The van der Waals surface area contributed by atoms with Crippen LogP contribution in [-0.2, 0) is 6.42 Å². The van der Waals surface area contributed by atoms with E-state index in [0.29, 0.717) is 23.8 Å². The third-order valence-electron chi connectivity index (χ3n) is 6.81. The van der Waals surface area contributed by atoms with Gasteiger partial charge in [-0.25, -0.2) is 8.78 Å². The summed E-state index contributed by atoms with van der Waals surface area (Å²) in [4.78, 5) is 0. The molecule has 0 radical (unpaired) electrons. The van der Waals surface area contributed by atoms with Gasteiger partial charge in [-0.15, -0.1) is 6.58 Å². The van der Waals surface area contributed by atoms with Gasteiger partial charge in [0.05, 0.1) is 0 Å². The first-order valence-electron chi connectivity index (χ1n) is 10.5. The van der Waals surface area contributed by atoms with Gasteiger partial charge in [0, 0.05) is 0 Å². The minimum absolute atomic E-state index is 0.501. The van der Waals surface area contributed by atoms with E-state index in [1.807, 2.05) is 0 Å². The molecule has 2 saturated carbocycles. The summed E-state index contributed by atoms with van der Waals surface area (Å²) in [5.74, 6) is -0.172. The Balaban J connectivity index is 1.45. The zero-order valence-corrected chi connectivity index (χ0v) is 16.3. The number of halogens is 4. The third kappa shape index (κ3) is 5.51. The molecule has 0 N–H and O–H groups in total. The smallest absolute Gasteiger partial charge is 0.387 e. The molecule has 0 aliphatic heterocycles. The molecule has 0 aromatic heterocycles. The lowest BCUT2D eigenvalue weighted by atomic mass is 9.68. The van der Waals surface area contributed by atoms with Crippen molar-refractivity contribution in [1.29, 1.82) is 0 Å². The minimum atomic E-state index is -3.24. The van der Waals surface area contributed by atoms with Crippen LogP contribution in [0.3, 0.4) is 0 Å². The molecule has 0 bridgehead atoms. The van der Waals surface area contributed by atoms with Gasteiger partial charge >= 0.3 is 6.61 Å². The molecular formula is C23H30F4O. The van der Waals surface area contributed by atoms with Crippen molar-refractivity contribution in [2.24, 2.45) is 23.7 Å². The molecule has 2 fully saturated rings. The van der Waals surface area contributed by atoms with Crippen LogP contribution in [0.15, 0.2) is 24.8 Å². The van der Waals surface area contributed by atoms with E-state index in [9.17, 15) is 17.6 Å². The summed E-state index contributed by atoms with van der Waals surface area (Å²) in [6, 6.07) is 2.23. The van der Waals surface area contributed by atoms with Crippen molar-refractivity contribution in [1.82, 2.24) is 0 Å². The normalized spacial score (nSPS) is 28.3. The van der Waals surface area contributed by atoms with Gasteiger partial charge in [0.25, 0.3) is 0 Å². The van der Waals surface area contributed by atoms with Crippen LogP contribution in [0.25, 0.3) is 0 Å². The summed E-state index contributed by atoms with van der Waals surface area (Å²) in [6.07, 6.45) is 13.6. The molecule has 3 rings (SSSR count). The fraction of sp³-hybridized carbons (Fsp3) is 0.652. The van der Waals surface area contributed by atoms with Crippen LogP contribution in [0.1, 0.15) is 63.4 Å². The zero-order valence-electron chi connectivity index (χ0n) is 16.3. The first-order chi connectivity index (χ1) is 13.5. The number of hydrogen-bond acceptors (Lipinski definition) is 1. The van der Waals surface area contributed by atoms with Gasteiger partial charge in [-0.2, -0.15) is 8.78 Å². The van der Waals surface area contributed by atoms with Crippen LogP contribution in [0.2, 0.25) is 0 Å². The lowest BCUT2D eigenvalue weighted by Gasteiger charge is -2.37. The molecule has 1 aromatic rings. The van der Waals surface area contributed by atoms with E-state index in [0.717, 1.165) is 30.4 Å². The largest absolute Gasteiger partial charge is 0.429 e. The van der Waals surface area contributed by atoms with Crippen molar-refractivity contribution >= 4 is 0 Å². The first kappa shape index (κ1) is 21.2. The standard InChI is InChI=1S/C23H30F4O/c1-2-15-5-9-18(10-6-15)19-11-7-16(8-12-19)3-4-17-13-20(24)22(21(25)14-17)28-23(26)27/h2,13-16,18-19,23H,1,3-12H2/t15-,16-,18-,19-. The molecule has 0 unspecified atom stereocenters. The molecule has 0 amide bonds. The second kappa shape index (κ2) is 9.80. The molecule has 1 aromatic carbocycles. The highest BCUT2D eigenvalue weighted by Crippen LogP contribution is 2.42. The van der Waals surface area contributed by atoms with Crippen molar-refractivity contribution in [2.45, 2.75) is 70.8 Å². The number of hydrogen-bond donors (Lipinski definition) is 0. The summed E-state index contributed by atoms with van der Waals surface area (Å²) in [6.45, 7) is 0.679. The predicted octanol–water partition coefficient (Wildman–Crippen LogP) is 7.30. The second-order valence-electron chi connectivity index (χ2n) is 8.50. The van der Waals surface area contributed by atoms with Crippen molar-refractivity contribution in [3.63, 3.8) is 0 Å². The maximum Gasteiger partial charge on any atom is 0.387 e. The van der Waals surface area contributed by atoms with Crippen molar-refractivity contribution < 1.29 is 22.3 Å². The molecular weight excluding hydrogens is 368 g/mol. The van der Waals surface area contributed by atoms with Gasteiger partial charge in [0.2, 0.25) is 0 Å². The summed E-state index contributed by atoms with van der Waals surface area (Å²) in [5, 5.41) is 0. The minimum Gasteiger partial charge on any atom is -0.429 e. The molecule has 156 valence electrons. The van der Waals surface area contributed by atoms with Crippen LogP contribution < -0.4 is 4.74 Å². The third-order valence-corrected chi connectivity index (χ3v) is 6.81. The Bertz CT molecular complexity index is 621. The van der Waals surface area contributed by atoms with Gasteiger partial charge < -0.3 is 4.74 Å². The topological polar surface area (TPSA) is 9.23 Å². The van der Waals surface area contributed by atoms with E-state index < -0.39 is 24.0 Å². The summed E-state index contributed by atoms with van der Waals surface area (Å²) in [7, 11) is 0. The van der Waals surface area contributed by atoms with E-state index >= 15 is 0 Å². The van der Waals surface area contributed by atoms with Crippen molar-refractivity contribution in [3.05, 3.63) is 42.0 Å². The van der Waals surface area contributed by atoms with E-state index in [1.165, 1.54) is 51.4 Å². The van der Waals surface area contributed by atoms with Crippen LogP contribution in [0.5, 0.6) is 5.75 Å². The second-order valence-corrected chi connectivity index (χ2v) is 8.50. The fourth-order valence-electron chi connectivity index (χ4n) is 5.13. The quantitative estimate of drug-likeness (QED) is 0.346. The lowest BCUT2D eigenvalue weighted by molar-refractivity contribution is -0.0546. The maximum absolute atomic E-state index is 13.8. The molecule has 5 heteroatoms. The van der Waals surface area contributed by atoms with E-state index in [4.69, 9.17) is 0 Å². The van der Waals surface area contributed by atoms with Gasteiger partial charge in [-0.3, -0.25) is 0 Å². The number of alkyl halides is 2. The zero-order chi connectivity index (χ0) is 20.1. The van der Waals surface area contributed by atoms with Crippen LogP contribution in [0.4, 0.5) is 17.6 Å². The Labute approximate surface area is 165 Å². The van der Waals surface area contributed by atoms with Gasteiger partial charge in [0.1, 0.15) is 0 Å². The highest BCUT2D eigenvalue weighted by molar-refractivity contribution is 5.31. The molecule has 0 heterocycles. The molecule has 2 aliphatic carbocycles. The average Bonchev–Trinajstić information content (AvgIpc) is 2.69. The Hall–Kier alpha value is -1.52.